The van der Waals surface area contributed by atoms with Crippen LogP contribution in [0.3, 0.4) is 0 Å². The molecule has 1 N–H and O–H groups in total. The molecule has 122 valence electrons. The Morgan fingerprint density at radius 2 is 2.04 bits per heavy atom. The fourth-order valence-corrected chi connectivity index (χ4v) is 3.25. The summed E-state index contributed by atoms with van der Waals surface area (Å²) in [7, 11) is 2.18. The molecule has 6 heteroatoms. The van der Waals surface area contributed by atoms with E-state index in [0.29, 0.717) is 0 Å². The first-order valence-electron chi connectivity index (χ1n) is 7.91. The number of thiazole rings is 1. The van der Waals surface area contributed by atoms with Crippen molar-refractivity contribution in [2.45, 2.75) is 13.5 Å². The van der Waals surface area contributed by atoms with Gasteiger partial charge in [-0.3, -0.25) is 10.3 Å². The van der Waals surface area contributed by atoms with Crippen LogP contribution < -0.4 is 5.43 Å². The zero-order chi connectivity index (χ0) is 16.1. The molecule has 0 amide bonds. The Kier molecular flexibility index (Phi) is 5.38. The zero-order valence-corrected chi connectivity index (χ0v) is 14.5. The Morgan fingerprint density at radius 1 is 1.26 bits per heavy atom. The molecule has 2 heterocycles. The lowest BCUT2D eigenvalue weighted by Gasteiger charge is -2.32. The Morgan fingerprint density at radius 3 is 2.78 bits per heavy atom. The Balaban J connectivity index is 1.63. The van der Waals surface area contributed by atoms with Crippen molar-refractivity contribution in [1.29, 1.82) is 0 Å². The largest absolute Gasteiger partial charge is 0.304 e. The van der Waals surface area contributed by atoms with Crippen molar-refractivity contribution in [2.24, 2.45) is 5.10 Å². The van der Waals surface area contributed by atoms with Gasteiger partial charge in [0, 0.05) is 38.1 Å². The van der Waals surface area contributed by atoms with Crippen LogP contribution in [0.1, 0.15) is 16.8 Å². The van der Waals surface area contributed by atoms with Gasteiger partial charge in [0.05, 0.1) is 11.9 Å². The molecule has 0 unspecified atom stereocenters. The summed E-state index contributed by atoms with van der Waals surface area (Å²) in [5.74, 6) is 0. The van der Waals surface area contributed by atoms with Crippen LogP contribution in [0.5, 0.6) is 0 Å². The summed E-state index contributed by atoms with van der Waals surface area (Å²) < 4.78 is 0. The summed E-state index contributed by atoms with van der Waals surface area (Å²) in [6, 6.07) is 8.46. The first-order chi connectivity index (χ1) is 11.2. The van der Waals surface area contributed by atoms with Crippen molar-refractivity contribution in [3.05, 3.63) is 46.5 Å². The molecule has 1 fully saturated rings. The van der Waals surface area contributed by atoms with E-state index in [1.165, 1.54) is 5.56 Å². The highest BCUT2D eigenvalue weighted by Gasteiger charge is 2.14. The van der Waals surface area contributed by atoms with Gasteiger partial charge in [-0.1, -0.05) is 24.3 Å². The second kappa shape index (κ2) is 7.68. The molecule has 5 nitrogen and oxygen atoms in total. The highest BCUT2D eigenvalue weighted by molar-refractivity contribution is 7.13. The maximum atomic E-state index is 4.35. The van der Waals surface area contributed by atoms with E-state index < -0.39 is 0 Å². The third-order valence-corrected chi connectivity index (χ3v) is 4.89. The number of piperazine rings is 1. The van der Waals surface area contributed by atoms with E-state index in [0.717, 1.165) is 49.1 Å². The van der Waals surface area contributed by atoms with Gasteiger partial charge >= 0.3 is 0 Å². The molecule has 23 heavy (non-hydrogen) atoms. The van der Waals surface area contributed by atoms with Crippen LogP contribution in [0.15, 0.2) is 34.7 Å². The van der Waals surface area contributed by atoms with Gasteiger partial charge in [0.15, 0.2) is 0 Å². The average molecular weight is 329 g/mol. The number of hydrogen-bond acceptors (Lipinski definition) is 6. The summed E-state index contributed by atoms with van der Waals surface area (Å²) in [5, 5.41) is 7.18. The molecule has 1 saturated heterocycles. The second-order valence-electron chi connectivity index (χ2n) is 5.94. The molecule has 0 aliphatic carbocycles. The van der Waals surface area contributed by atoms with E-state index >= 15 is 0 Å². The third kappa shape index (κ3) is 4.60. The van der Waals surface area contributed by atoms with E-state index in [1.54, 1.807) is 11.3 Å². The molecule has 1 aliphatic rings. The molecule has 0 spiro atoms. The van der Waals surface area contributed by atoms with E-state index in [4.69, 9.17) is 0 Å². The predicted molar refractivity (Wildman–Crippen MR) is 97.3 cm³/mol. The van der Waals surface area contributed by atoms with Crippen LogP contribution in [-0.4, -0.2) is 54.2 Å². The smallest absolute Gasteiger partial charge is 0.203 e. The molecular weight excluding hydrogens is 306 g/mol. The molecule has 2 aromatic rings. The average Bonchev–Trinajstić information content (AvgIpc) is 2.97. The van der Waals surface area contributed by atoms with Gasteiger partial charge in [0.1, 0.15) is 0 Å². The number of benzene rings is 1. The van der Waals surface area contributed by atoms with Crippen LogP contribution in [0.2, 0.25) is 0 Å². The number of nitrogens with zero attached hydrogens (tertiary/aromatic N) is 4. The fraction of sp³-hybridized carbons (Fsp3) is 0.412. The van der Waals surface area contributed by atoms with E-state index in [2.05, 4.69) is 56.6 Å². The minimum absolute atomic E-state index is 0.829. The molecule has 3 rings (SSSR count). The number of aryl methyl sites for hydroxylation is 1. The molecule has 0 bridgehead atoms. The van der Waals surface area contributed by atoms with Crippen LogP contribution in [0, 0.1) is 6.92 Å². The lowest BCUT2D eigenvalue weighted by atomic mass is 10.1. The van der Waals surface area contributed by atoms with Gasteiger partial charge in [-0.25, -0.2) is 4.98 Å². The summed E-state index contributed by atoms with van der Waals surface area (Å²) in [6.07, 6.45) is 1.89. The molecule has 1 aromatic heterocycles. The summed E-state index contributed by atoms with van der Waals surface area (Å²) in [6.45, 7) is 7.49. The highest BCUT2D eigenvalue weighted by atomic mass is 32.1. The SMILES string of the molecule is Cc1csc(NN=Cc2ccccc2CN2CCN(C)CC2)n1. The number of nitrogens with one attached hydrogen (secondary N) is 1. The lowest BCUT2D eigenvalue weighted by molar-refractivity contribution is 0.148. The molecule has 0 atom stereocenters. The van der Waals surface area contributed by atoms with Crippen molar-refractivity contribution >= 4 is 22.7 Å². The lowest BCUT2D eigenvalue weighted by Crippen LogP contribution is -2.44. The first-order valence-corrected chi connectivity index (χ1v) is 8.79. The molecule has 1 aromatic carbocycles. The maximum absolute atomic E-state index is 4.35. The molecule has 1 aliphatic heterocycles. The topological polar surface area (TPSA) is 43.8 Å². The molecule has 0 radical (unpaired) electrons. The van der Waals surface area contributed by atoms with Gasteiger partial charge in [-0.05, 0) is 25.1 Å². The number of likely N-dealkylation sites (N-methyl/N-ethyl adjacent to an activating group) is 1. The van der Waals surface area contributed by atoms with Crippen molar-refractivity contribution in [2.75, 3.05) is 38.7 Å². The van der Waals surface area contributed by atoms with Crippen LogP contribution in [0.25, 0.3) is 0 Å². The standard InChI is InChI=1S/C17H23N5S/c1-14-13-23-17(19-14)20-18-11-15-5-3-4-6-16(15)12-22-9-7-21(2)8-10-22/h3-6,11,13H,7-10,12H2,1-2H3,(H,19,20). The van der Waals surface area contributed by atoms with Crippen LogP contribution in [0.4, 0.5) is 5.13 Å². The quantitative estimate of drug-likeness (QED) is 0.676. The van der Waals surface area contributed by atoms with Gasteiger partial charge in [0.25, 0.3) is 0 Å². The summed E-state index contributed by atoms with van der Waals surface area (Å²) in [4.78, 5) is 9.23. The van der Waals surface area contributed by atoms with Gasteiger partial charge < -0.3 is 4.90 Å². The van der Waals surface area contributed by atoms with Gasteiger partial charge in [-0.2, -0.15) is 5.10 Å². The normalized spacial score (nSPS) is 17.0. The summed E-state index contributed by atoms with van der Waals surface area (Å²) >= 11 is 1.57. The van der Waals surface area contributed by atoms with Crippen molar-refractivity contribution in [3.63, 3.8) is 0 Å². The van der Waals surface area contributed by atoms with E-state index in [-0.39, 0.29) is 0 Å². The van der Waals surface area contributed by atoms with Crippen molar-refractivity contribution in [1.82, 2.24) is 14.8 Å². The van der Waals surface area contributed by atoms with Crippen molar-refractivity contribution < 1.29 is 0 Å². The first kappa shape index (κ1) is 16.1. The number of hydrogen-bond donors (Lipinski definition) is 1. The number of rotatable bonds is 5. The zero-order valence-electron chi connectivity index (χ0n) is 13.7. The Labute approximate surface area is 141 Å². The van der Waals surface area contributed by atoms with Crippen LogP contribution in [-0.2, 0) is 6.54 Å². The Hall–Kier alpha value is -1.76. The minimum atomic E-state index is 0.829. The van der Waals surface area contributed by atoms with Gasteiger partial charge in [0.2, 0.25) is 5.13 Å². The van der Waals surface area contributed by atoms with Crippen LogP contribution >= 0.6 is 11.3 Å². The maximum Gasteiger partial charge on any atom is 0.203 e. The second-order valence-corrected chi connectivity index (χ2v) is 6.80. The minimum Gasteiger partial charge on any atom is -0.304 e. The van der Waals surface area contributed by atoms with Crippen molar-refractivity contribution in [3.8, 4) is 0 Å². The number of aromatic nitrogens is 1. The monoisotopic (exact) mass is 329 g/mol. The third-order valence-electron chi connectivity index (χ3n) is 4.03. The summed E-state index contributed by atoms with van der Waals surface area (Å²) in [5.41, 5.74) is 6.50. The number of anilines is 1. The molecule has 0 saturated carbocycles. The molecular formula is C17H23N5S. The fourth-order valence-electron chi connectivity index (χ4n) is 2.61. The number of hydrazone groups is 1. The van der Waals surface area contributed by atoms with E-state index in [1.807, 2.05) is 18.5 Å². The highest BCUT2D eigenvalue weighted by Crippen LogP contribution is 2.15. The Bertz CT molecular complexity index is 659. The van der Waals surface area contributed by atoms with Gasteiger partial charge in [-0.15, -0.1) is 11.3 Å². The van der Waals surface area contributed by atoms with E-state index in [9.17, 15) is 0 Å². The predicted octanol–water partition coefficient (Wildman–Crippen LogP) is 2.64.